The van der Waals surface area contributed by atoms with E-state index in [1.807, 2.05) is 18.2 Å². The summed E-state index contributed by atoms with van der Waals surface area (Å²) in [7, 11) is -8.14. The maximum atomic E-state index is 12.6. The Labute approximate surface area is 515 Å². The van der Waals surface area contributed by atoms with Gasteiger partial charge in [0.1, 0.15) is 21.8 Å². The first-order chi connectivity index (χ1) is 33.6. The van der Waals surface area contributed by atoms with Crippen LogP contribution in [0.5, 0.6) is 0 Å². The number of carboxylic acid groups (broad SMARTS) is 1. The number of benzene rings is 4. The van der Waals surface area contributed by atoms with Gasteiger partial charge in [-0.15, -0.1) is 43.0 Å². The summed E-state index contributed by atoms with van der Waals surface area (Å²) in [5.74, 6) is -0.430. The van der Waals surface area contributed by atoms with Gasteiger partial charge in [-0.2, -0.15) is 81.0 Å². The van der Waals surface area contributed by atoms with Crippen LogP contribution in [0, 0.1) is 12.1 Å². The van der Waals surface area contributed by atoms with Crippen LogP contribution < -0.4 is 144 Å². The van der Waals surface area contributed by atoms with Crippen molar-refractivity contribution in [2.24, 2.45) is 0 Å². The van der Waals surface area contributed by atoms with Gasteiger partial charge in [0.05, 0.1) is 37.3 Å². The number of nitrogens with one attached hydrogen (secondary N) is 2. The van der Waals surface area contributed by atoms with Gasteiger partial charge >= 0.3 is 135 Å². The number of anilines is 6. The number of rotatable bonds is 22. The minimum atomic E-state index is -5.03. The third-order valence-corrected chi connectivity index (χ3v) is 10.1. The molecule has 0 bridgehead atoms. The molecule has 0 aliphatic carbocycles. The first-order valence-corrected chi connectivity index (χ1v) is 22.8. The van der Waals surface area contributed by atoms with Crippen LogP contribution in [0.25, 0.3) is 12.2 Å². The van der Waals surface area contributed by atoms with Gasteiger partial charge in [-0.25, -0.2) is 8.42 Å². The van der Waals surface area contributed by atoms with Gasteiger partial charge < -0.3 is 55.3 Å². The van der Waals surface area contributed by atoms with Crippen LogP contribution in [-0.4, -0.2) is 141 Å². The van der Waals surface area contributed by atoms with Gasteiger partial charge in [-0.3, -0.25) is 0 Å². The molecule has 0 radical (unpaired) electrons. The monoisotopic (exact) mass is 1090 g/mol. The molecule has 2 aromatic heterocycles. The maximum Gasteiger partial charge on any atom is 1.00 e. The molecule has 30 heteroatoms. The summed E-state index contributed by atoms with van der Waals surface area (Å²) in [4.78, 5) is 57.5. The number of carbonyl (C=O) groups is 1. The molecule has 74 heavy (non-hydrogen) atoms. The van der Waals surface area contributed by atoms with Gasteiger partial charge in [0.2, 0.25) is 23.8 Å². The molecule has 6 rings (SSSR count). The van der Waals surface area contributed by atoms with Crippen LogP contribution >= 0.6 is 0 Å². The molecule has 0 atom stereocenters. The first kappa shape index (κ1) is 70.1. The van der Waals surface area contributed by atoms with Crippen LogP contribution in [0.1, 0.15) is 44.3 Å². The SMILES string of the molecule is O=C([O-])c1ccccc1Cc1nc(Nc2ccc(/C=C/c3[c-]cc(Nc4nc(Cc5[c-]cccc5)nc(N(CCO)CCO)n4)cc3)c(S(=O)(=O)[O-])c2)nc(N(CCO)CCO)n1.O=C=O.O=S(=O)=O.[Na+].[Na+].[Na+].[Na+]. The van der Waals surface area contributed by atoms with Crippen LogP contribution in [0.2, 0.25) is 0 Å². The standard InChI is InChI=1S/C43H44N10O9S.CO2.4Na.O3S/c54-22-18-52(19-23-55)42-48-37(26-30-6-2-1-3-7-30)46-40(50-42)44-33-15-11-29(12-16-33)10-13-31-14-17-34(28-36(31)63(60,61)62)45-41-47-38(27-32-8-4-5-9-35(32)39(58)59)49-43(51-41)53(20-24-56)21-25-57;2-1-3;;;;;1-4(2)3/h1-6,8-11,13-17,28,54-57H,18-27H2,(H,58,59)(H,60,61,62)(H,44,46,48,50)(H,45,47,49,51);;;;;;/q-2;;4*+1;/p-2/b13-10+;;;;;;. The van der Waals surface area contributed by atoms with Gasteiger partial charge in [0.15, 0.2) is 0 Å². The topological polar surface area (TPSA) is 371 Å². The molecule has 0 unspecified atom stereocenters. The summed E-state index contributed by atoms with van der Waals surface area (Å²) >= 11 is 0. The quantitative estimate of drug-likeness (QED) is 0.0159. The fourth-order valence-corrected chi connectivity index (χ4v) is 6.95. The zero-order valence-electron chi connectivity index (χ0n) is 40.6. The van der Waals surface area contributed by atoms with Gasteiger partial charge in [0.25, 0.3) is 0 Å². The average molecular weight is 1090 g/mol. The van der Waals surface area contributed by atoms with Crippen LogP contribution in [0.3, 0.4) is 0 Å². The Morgan fingerprint density at radius 2 is 1.18 bits per heavy atom. The van der Waals surface area contributed by atoms with E-state index in [0.29, 0.717) is 29.1 Å². The minimum Gasteiger partial charge on any atom is -0.744 e. The van der Waals surface area contributed by atoms with Crippen molar-refractivity contribution in [1.82, 2.24) is 29.9 Å². The predicted octanol–water partition coefficient (Wildman–Crippen LogP) is -12.2. The van der Waals surface area contributed by atoms with E-state index in [2.05, 4.69) is 52.7 Å². The van der Waals surface area contributed by atoms with E-state index in [4.69, 9.17) is 22.2 Å². The van der Waals surface area contributed by atoms with Crippen molar-refractivity contribution in [3.63, 3.8) is 0 Å². The van der Waals surface area contributed by atoms with Crippen LogP contribution in [0.15, 0.2) is 89.8 Å². The van der Waals surface area contributed by atoms with Crippen molar-refractivity contribution in [3.05, 3.63) is 137 Å². The van der Waals surface area contributed by atoms with Crippen molar-refractivity contribution in [2.45, 2.75) is 17.7 Å². The number of aromatic nitrogens is 6. The fraction of sp³-hybridized carbons (Fsp3) is 0.227. The Kier molecular flexibility index (Phi) is 35.0. The van der Waals surface area contributed by atoms with Crippen molar-refractivity contribution in [2.75, 3.05) is 73.0 Å². The van der Waals surface area contributed by atoms with Gasteiger partial charge in [0, 0.05) is 50.3 Å². The molecule has 6 N–H and O–H groups in total. The van der Waals surface area contributed by atoms with Crippen molar-refractivity contribution >= 4 is 80.2 Å². The number of aliphatic hydroxyl groups excluding tert-OH is 4. The van der Waals surface area contributed by atoms with Gasteiger partial charge in [-0.05, 0) is 28.9 Å². The smallest absolute Gasteiger partial charge is 0.744 e. The Bertz CT molecular complexity index is 2970. The second-order valence-corrected chi connectivity index (χ2v) is 15.7. The number of carboxylic acids is 1. The first-order valence-electron chi connectivity index (χ1n) is 20.4. The molecule has 0 saturated carbocycles. The van der Waals surface area contributed by atoms with E-state index >= 15 is 0 Å². The van der Waals surface area contributed by atoms with E-state index < -0.39 is 31.6 Å². The Hall–Kier alpha value is -3.94. The Morgan fingerprint density at radius 1 is 0.676 bits per heavy atom. The number of aromatic carboxylic acids is 1. The molecule has 4 aromatic carbocycles. The van der Waals surface area contributed by atoms with Crippen molar-refractivity contribution < 1.29 is 184 Å². The normalized spacial score (nSPS) is 10.2. The molecule has 0 amide bonds. The summed E-state index contributed by atoms with van der Waals surface area (Å²) in [5.41, 5.74) is 2.42. The Balaban J connectivity index is 0.00000456. The fourth-order valence-electron chi connectivity index (χ4n) is 6.25. The zero-order chi connectivity index (χ0) is 51.1. The molecule has 24 nitrogen and oxygen atoms in total. The molecule has 0 aliphatic heterocycles. The summed E-state index contributed by atoms with van der Waals surface area (Å²) in [6.45, 7) is -0.504. The minimum absolute atomic E-state index is 0. The largest absolute Gasteiger partial charge is 1.00 e. The van der Waals surface area contributed by atoms with E-state index in [0.717, 1.165) is 11.6 Å². The average Bonchev–Trinajstić information content (AvgIpc) is 3.31. The third-order valence-electron chi connectivity index (χ3n) is 9.17. The van der Waals surface area contributed by atoms with E-state index in [1.165, 1.54) is 29.2 Å². The van der Waals surface area contributed by atoms with Crippen molar-refractivity contribution in [1.29, 1.82) is 0 Å². The third kappa shape index (κ3) is 23.9. The number of aliphatic hydroxyl groups is 4. The molecule has 0 aliphatic rings. The molecule has 6 aromatic rings. The maximum absolute atomic E-state index is 12.6. The molecular weight excluding hydrogens is 1050 g/mol. The summed E-state index contributed by atoms with van der Waals surface area (Å²) < 4.78 is 63.0. The predicted molar refractivity (Wildman–Crippen MR) is 244 cm³/mol. The molecule has 0 saturated heterocycles. The Morgan fingerprint density at radius 3 is 1.65 bits per heavy atom. The van der Waals surface area contributed by atoms with Crippen molar-refractivity contribution in [3.8, 4) is 0 Å². The number of carbonyl (C=O) groups excluding carboxylic acids is 3. The van der Waals surface area contributed by atoms with E-state index in [1.54, 1.807) is 53.4 Å². The van der Waals surface area contributed by atoms with Gasteiger partial charge in [-0.1, -0.05) is 36.4 Å². The van der Waals surface area contributed by atoms with E-state index in [-0.39, 0.29) is 230 Å². The molecule has 368 valence electrons. The number of hydrogen-bond donors (Lipinski definition) is 6. The molecule has 0 spiro atoms. The summed E-state index contributed by atoms with van der Waals surface area (Å²) in [6, 6.07) is 28.9. The van der Waals surface area contributed by atoms with E-state index in [9.17, 15) is 43.3 Å². The molecule has 0 fully saturated rings. The zero-order valence-corrected chi connectivity index (χ0v) is 50.2. The number of hydrogen-bond acceptors (Lipinski definition) is 24. The second kappa shape index (κ2) is 36.9. The second-order valence-electron chi connectivity index (χ2n) is 13.9. The molecule has 2 heterocycles. The van der Waals surface area contributed by atoms with Crippen LogP contribution in [0.4, 0.5) is 35.2 Å². The molecular formula is C44H42N10Na4O14S2. The summed E-state index contributed by atoms with van der Waals surface area (Å²) in [5, 5.41) is 56.3. The summed E-state index contributed by atoms with van der Waals surface area (Å²) in [6.07, 6.45) is 3.56. The van der Waals surface area contributed by atoms with Crippen LogP contribution in [-0.2, 0) is 43.2 Å². The number of nitrogens with zero attached hydrogens (tertiary/aromatic N) is 8.